The van der Waals surface area contributed by atoms with Crippen LogP contribution in [0, 0.1) is 12.4 Å². The molecule has 0 radical (unpaired) electrons. The fraction of sp³-hybridized carbons (Fsp3) is 0.250. The van der Waals surface area contributed by atoms with Gasteiger partial charge in [0.05, 0.1) is 12.1 Å². The molecule has 0 unspecified atom stereocenters. The molecule has 0 aliphatic carbocycles. The smallest absolute Gasteiger partial charge is 0.271 e. The van der Waals surface area contributed by atoms with Crippen molar-refractivity contribution in [3.8, 4) is 17.1 Å². The van der Waals surface area contributed by atoms with E-state index in [-0.39, 0.29) is 23.3 Å². The number of halogens is 2. The molecular formula is C24H21ClFN7O. The molecule has 2 aromatic carbocycles. The largest absolute Gasteiger partial charge is 0.347 e. The first-order valence-electron chi connectivity index (χ1n) is 10.7. The van der Waals surface area contributed by atoms with Crippen molar-refractivity contribution in [1.82, 2.24) is 29.5 Å². The third-order valence-corrected chi connectivity index (χ3v) is 6.46. The Bertz CT molecular complexity index is 1470. The first-order chi connectivity index (χ1) is 16.3. The second-order valence-corrected chi connectivity index (χ2v) is 8.79. The number of hydrogen-bond acceptors (Lipinski definition) is 4. The second-order valence-electron chi connectivity index (χ2n) is 8.43. The molecule has 10 heteroatoms. The minimum absolute atomic E-state index is 0.0482. The van der Waals surface area contributed by atoms with Crippen molar-refractivity contribution >= 4 is 34.1 Å². The van der Waals surface area contributed by atoms with E-state index in [1.807, 2.05) is 25.2 Å². The van der Waals surface area contributed by atoms with Gasteiger partial charge in [0.25, 0.3) is 5.91 Å². The van der Waals surface area contributed by atoms with E-state index >= 15 is 0 Å². The molecule has 1 fully saturated rings. The van der Waals surface area contributed by atoms with Gasteiger partial charge in [-0.25, -0.2) is 14.2 Å². The van der Waals surface area contributed by atoms with Crippen LogP contribution in [-0.2, 0) is 7.05 Å². The fourth-order valence-corrected chi connectivity index (χ4v) is 4.43. The molecule has 34 heavy (non-hydrogen) atoms. The number of nitrogens with zero attached hydrogens (tertiary/aromatic N) is 6. The lowest BCUT2D eigenvalue weighted by Gasteiger charge is -2.11. The molecule has 0 spiro atoms. The third kappa shape index (κ3) is 3.91. The quantitative estimate of drug-likeness (QED) is 0.447. The van der Waals surface area contributed by atoms with Crippen molar-refractivity contribution in [2.75, 3.05) is 20.1 Å². The molecule has 1 atom stereocenters. The number of carbonyl (C=O) groups excluding carboxylic acids is 1. The van der Waals surface area contributed by atoms with Crippen molar-refractivity contribution in [3.05, 3.63) is 70.7 Å². The molecule has 0 bridgehead atoms. The molecule has 3 heterocycles. The number of carbonyl (C=O) groups is 1. The summed E-state index contributed by atoms with van der Waals surface area (Å²) in [5.41, 5.74) is 2.01. The van der Waals surface area contributed by atoms with Crippen LogP contribution in [-0.4, -0.2) is 56.3 Å². The van der Waals surface area contributed by atoms with Crippen molar-refractivity contribution in [2.24, 2.45) is 7.05 Å². The van der Waals surface area contributed by atoms with Gasteiger partial charge >= 0.3 is 0 Å². The first-order valence-corrected chi connectivity index (χ1v) is 11.1. The Balaban J connectivity index is 1.60. The topological polar surface area (TPSA) is 72.3 Å². The van der Waals surface area contributed by atoms with Crippen LogP contribution in [0.15, 0.2) is 42.6 Å². The number of aromatic nitrogens is 4. The predicted octanol–water partition coefficient (Wildman–Crippen LogP) is 4.20. The summed E-state index contributed by atoms with van der Waals surface area (Å²) >= 11 is 6.40. The number of hydrogen-bond donors (Lipinski definition) is 1. The molecule has 1 aliphatic rings. The Morgan fingerprint density at radius 1 is 1.26 bits per heavy atom. The number of aryl methyl sites for hydroxylation is 1. The monoisotopic (exact) mass is 477 g/mol. The molecule has 4 aromatic rings. The van der Waals surface area contributed by atoms with Gasteiger partial charge in [0, 0.05) is 42.5 Å². The van der Waals surface area contributed by atoms with E-state index in [2.05, 4.69) is 25.1 Å². The average molecular weight is 478 g/mol. The van der Waals surface area contributed by atoms with E-state index in [1.165, 1.54) is 12.1 Å². The van der Waals surface area contributed by atoms with Crippen LogP contribution in [0.2, 0.25) is 5.15 Å². The van der Waals surface area contributed by atoms with Crippen LogP contribution in [0.25, 0.3) is 32.8 Å². The molecule has 8 nitrogen and oxygen atoms in total. The maximum atomic E-state index is 14.4. The number of rotatable bonds is 4. The first kappa shape index (κ1) is 22.1. The molecule has 172 valence electrons. The van der Waals surface area contributed by atoms with Gasteiger partial charge in [0.2, 0.25) is 5.69 Å². The van der Waals surface area contributed by atoms with Gasteiger partial charge in [-0.15, -0.1) is 0 Å². The highest BCUT2D eigenvalue weighted by atomic mass is 35.5. The Morgan fingerprint density at radius 3 is 2.79 bits per heavy atom. The number of fused-ring (bicyclic) bond motifs is 1. The van der Waals surface area contributed by atoms with Gasteiger partial charge < -0.3 is 10.2 Å². The molecule has 2 aromatic heterocycles. The molecule has 1 aliphatic heterocycles. The number of likely N-dealkylation sites (N-methyl/N-ethyl adjacent to an activating group) is 1. The van der Waals surface area contributed by atoms with Crippen molar-refractivity contribution < 1.29 is 9.18 Å². The maximum absolute atomic E-state index is 14.4. The van der Waals surface area contributed by atoms with Gasteiger partial charge in [-0.05, 0) is 44.3 Å². The number of imidazole rings is 1. The van der Waals surface area contributed by atoms with Crippen LogP contribution >= 0.6 is 11.6 Å². The predicted molar refractivity (Wildman–Crippen MR) is 128 cm³/mol. The van der Waals surface area contributed by atoms with Crippen LogP contribution < -0.4 is 5.32 Å². The lowest BCUT2D eigenvalue weighted by molar-refractivity contribution is 0.0934. The van der Waals surface area contributed by atoms with Crippen molar-refractivity contribution in [1.29, 1.82) is 0 Å². The number of benzene rings is 2. The highest BCUT2D eigenvalue weighted by molar-refractivity contribution is 6.34. The van der Waals surface area contributed by atoms with Gasteiger partial charge in [-0.3, -0.25) is 14.0 Å². The molecule has 1 amide bonds. The summed E-state index contributed by atoms with van der Waals surface area (Å²) < 4.78 is 17.8. The normalized spacial score (nSPS) is 16.1. The Labute approximate surface area is 200 Å². The summed E-state index contributed by atoms with van der Waals surface area (Å²) in [5, 5.41) is 8.63. The summed E-state index contributed by atoms with van der Waals surface area (Å²) in [6.45, 7) is 8.80. The standard InChI is InChI=1S/C24H21ClFN7O/c1-27-20-6-4-14(10-18(20)26)23-29-21(24(34)28-15-8-9-31(2)12-15)13-33(23)16-5-7-19-17(11-16)22(25)32(3)30-19/h4-7,10-11,13,15H,8-9,12H2,2-3H3,(H,28,34)/t15-/m1/s1. The summed E-state index contributed by atoms with van der Waals surface area (Å²) in [5.74, 6) is -0.560. The van der Waals surface area contributed by atoms with Gasteiger partial charge in [-0.1, -0.05) is 23.7 Å². The van der Waals surface area contributed by atoms with Crippen LogP contribution in [0.1, 0.15) is 16.9 Å². The van der Waals surface area contributed by atoms with Gasteiger partial charge in [0.1, 0.15) is 22.5 Å². The van der Waals surface area contributed by atoms with Crippen molar-refractivity contribution in [3.63, 3.8) is 0 Å². The summed E-state index contributed by atoms with van der Waals surface area (Å²) in [6, 6.07) is 9.87. The van der Waals surface area contributed by atoms with E-state index in [9.17, 15) is 9.18 Å². The lowest BCUT2D eigenvalue weighted by Crippen LogP contribution is -2.36. The van der Waals surface area contributed by atoms with Gasteiger partial charge in [0.15, 0.2) is 0 Å². The Hall–Kier alpha value is -3.74. The highest BCUT2D eigenvalue weighted by Gasteiger charge is 2.24. The average Bonchev–Trinajstić information content (AvgIpc) is 3.51. The molecular weight excluding hydrogens is 457 g/mol. The number of likely N-dealkylation sites (tertiary alicyclic amines) is 1. The Morgan fingerprint density at radius 2 is 2.09 bits per heavy atom. The second kappa shape index (κ2) is 8.56. The maximum Gasteiger partial charge on any atom is 0.271 e. The molecule has 1 N–H and O–H groups in total. The summed E-state index contributed by atoms with van der Waals surface area (Å²) in [7, 11) is 3.77. The van der Waals surface area contributed by atoms with Crippen LogP contribution in [0.3, 0.4) is 0 Å². The van der Waals surface area contributed by atoms with E-state index in [0.717, 1.165) is 30.4 Å². The minimum atomic E-state index is -0.646. The van der Waals surface area contributed by atoms with Crippen molar-refractivity contribution in [2.45, 2.75) is 12.5 Å². The van der Waals surface area contributed by atoms with E-state index in [1.54, 1.807) is 28.6 Å². The third-order valence-electron chi connectivity index (χ3n) is 6.01. The molecule has 0 saturated carbocycles. The SMILES string of the molecule is [C-]#[N+]c1ccc(-c2nc(C(=O)N[C@@H]3CCN(C)C3)cn2-c2ccc3nn(C)c(Cl)c3c2)cc1F. The minimum Gasteiger partial charge on any atom is -0.347 e. The zero-order valence-corrected chi connectivity index (χ0v) is 19.3. The van der Waals surface area contributed by atoms with E-state index < -0.39 is 5.82 Å². The Kier molecular flexibility index (Phi) is 5.55. The van der Waals surface area contributed by atoms with E-state index in [0.29, 0.717) is 22.2 Å². The number of amides is 1. The fourth-order valence-electron chi connectivity index (χ4n) is 4.25. The molecule has 1 saturated heterocycles. The summed E-state index contributed by atoms with van der Waals surface area (Å²) in [4.78, 5) is 22.9. The number of nitrogens with one attached hydrogen (secondary N) is 1. The van der Waals surface area contributed by atoms with Crippen LogP contribution in [0.4, 0.5) is 10.1 Å². The zero-order valence-electron chi connectivity index (χ0n) is 18.6. The lowest BCUT2D eigenvalue weighted by atomic mass is 10.1. The zero-order chi connectivity index (χ0) is 24.0. The van der Waals surface area contributed by atoms with Gasteiger partial charge in [-0.2, -0.15) is 5.10 Å². The molecule has 5 rings (SSSR count). The summed E-state index contributed by atoms with van der Waals surface area (Å²) in [6.07, 6.45) is 2.50. The van der Waals surface area contributed by atoms with Crippen LogP contribution in [0.5, 0.6) is 0 Å². The van der Waals surface area contributed by atoms with E-state index in [4.69, 9.17) is 18.2 Å². The highest BCUT2D eigenvalue weighted by Crippen LogP contribution is 2.30.